The minimum Gasteiger partial charge on any atom is -0.218 e. The Labute approximate surface area is 165 Å². The van der Waals surface area contributed by atoms with Crippen LogP contribution in [0.25, 0.3) is 32.7 Å². The maximum atomic E-state index is 9.59. The zero-order valence-corrected chi connectivity index (χ0v) is 14.4. The quantitative estimate of drug-likeness (QED) is 0.383. The third-order valence-corrected chi connectivity index (χ3v) is 4.06. The molecule has 12 nitrogen and oxygen atoms in total. The maximum Gasteiger partial charge on any atom is 0.234 e. The van der Waals surface area contributed by atoms with Gasteiger partial charge >= 0.3 is 0 Å². The summed E-state index contributed by atoms with van der Waals surface area (Å²) in [5.74, 6) is -1.07. The molecule has 0 saturated heterocycles. The number of nitrogens with zero attached hydrogens (tertiary/aromatic N) is 12. The van der Waals surface area contributed by atoms with E-state index >= 15 is 0 Å². The van der Waals surface area contributed by atoms with Gasteiger partial charge in [0.15, 0.2) is 17.1 Å². The van der Waals surface area contributed by atoms with Gasteiger partial charge < -0.3 is 0 Å². The predicted molar refractivity (Wildman–Crippen MR) is 94.0 cm³/mol. The van der Waals surface area contributed by atoms with Gasteiger partial charge in [-0.1, -0.05) is 0 Å². The van der Waals surface area contributed by atoms with Gasteiger partial charge in [-0.15, -0.1) is 0 Å². The van der Waals surface area contributed by atoms with Crippen molar-refractivity contribution < 1.29 is 0 Å². The zero-order valence-electron chi connectivity index (χ0n) is 14.4. The van der Waals surface area contributed by atoms with Gasteiger partial charge in [0.25, 0.3) is 0 Å². The molecule has 0 N–H and O–H groups in total. The molecule has 0 unspecified atom stereocenters. The Kier molecular flexibility index (Phi) is 3.76. The van der Waals surface area contributed by atoms with Crippen molar-refractivity contribution in [2.24, 2.45) is 0 Å². The molecule has 1 aromatic carbocycles. The number of hydrogen-bond donors (Lipinski definition) is 0. The molecule has 30 heavy (non-hydrogen) atoms. The summed E-state index contributed by atoms with van der Waals surface area (Å²) in [4.78, 5) is 23.9. The molecular weight excluding hydrogens is 384 g/mol. The van der Waals surface area contributed by atoms with E-state index < -0.39 is 0 Å². The minimum atomic E-state index is -0.358. The van der Waals surface area contributed by atoms with Crippen molar-refractivity contribution in [2.45, 2.75) is 0 Å². The van der Waals surface area contributed by atoms with Crippen LogP contribution in [0.5, 0.6) is 0 Å². The molecule has 0 aliphatic heterocycles. The largest absolute Gasteiger partial charge is 0.234 e. The molecule has 0 amide bonds. The summed E-state index contributed by atoms with van der Waals surface area (Å²) in [6, 6.07) is 10.7. The van der Waals surface area contributed by atoms with Crippen molar-refractivity contribution in [3.05, 3.63) is 34.6 Å². The Morgan fingerprint density at radius 3 is 0.833 bits per heavy atom. The van der Waals surface area contributed by atoms with E-state index in [4.69, 9.17) is 0 Å². The predicted octanol–water partition coefficient (Wildman–Crippen LogP) is 0.746. The van der Waals surface area contributed by atoms with Gasteiger partial charge in [-0.05, 0) is 0 Å². The average Bonchev–Trinajstić information content (AvgIpc) is 2.81. The lowest BCUT2D eigenvalue weighted by Crippen LogP contribution is -2.05. The molecule has 0 bridgehead atoms. The second kappa shape index (κ2) is 6.41. The third kappa shape index (κ3) is 2.27. The molecule has 3 aromatic heterocycles. The van der Waals surface area contributed by atoms with Crippen molar-refractivity contribution >= 4 is 32.7 Å². The summed E-state index contributed by atoms with van der Waals surface area (Å²) >= 11 is 0. The molecular formula is C18N12. The van der Waals surface area contributed by atoms with E-state index in [0.29, 0.717) is 0 Å². The van der Waals surface area contributed by atoms with Gasteiger partial charge in [0.05, 0.1) is 32.7 Å². The number of rotatable bonds is 0. The fraction of sp³-hybridized carbons (Fsp3) is 0. The summed E-state index contributed by atoms with van der Waals surface area (Å²) in [6.07, 6.45) is 0. The van der Waals surface area contributed by atoms with Crippen molar-refractivity contribution in [1.29, 1.82) is 31.6 Å². The van der Waals surface area contributed by atoms with Gasteiger partial charge in [-0.25, -0.2) is 29.9 Å². The van der Waals surface area contributed by atoms with Gasteiger partial charge in [0, 0.05) is 0 Å². The van der Waals surface area contributed by atoms with Crippen LogP contribution >= 0.6 is 0 Å². The highest BCUT2D eigenvalue weighted by Crippen LogP contribution is 2.35. The van der Waals surface area contributed by atoms with Crippen LogP contribution in [0.4, 0.5) is 0 Å². The summed E-state index contributed by atoms with van der Waals surface area (Å²) in [5.41, 5.74) is -0.927. The minimum absolute atomic E-state index is 0.000734. The maximum absolute atomic E-state index is 9.59. The normalized spacial score (nSPS) is 9.80. The van der Waals surface area contributed by atoms with Crippen LogP contribution in [-0.2, 0) is 0 Å². The molecule has 3 heterocycles. The summed E-state index contributed by atoms with van der Waals surface area (Å²) in [6.45, 7) is 0. The number of aromatic nitrogens is 6. The molecule has 0 radical (unpaired) electrons. The summed E-state index contributed by atoms with van der Waals surface area (Å²) < 4.78 is 0. The highest BCUT2D eigenvalue weighted by atomic mass is 14.9. The number of nitriles is 6. The first-order valence-corrected chi connectivity index (χ1v) is 7.77. The van der Waals surface area contributed by atoms with Crippen LogP contribution in [0.15, 0.2) is 0 Å². The first-order chi connectivity index (χ1) is 14.6. The molecule has 0 atom stereocenters. The molecule has 0 spiro atoms. The van der Waals surface area contributed by atoms with Crippen molar-refractivity contribution in [2.75, 3.05) is 0 Å². The molecule has 0 fully saturated rings. The van der Waals surface area contributed by atoms with Crippen molar-refractivity contribution in [3.63, 3.8) is 0 Å². The Morgan fingerprint density at radius 1 is 0.367 bits per heavy atom. The first-order valence-electron chi connectivity index (χ1n) is 7.77. The molecule has 4 rings (SSSR count). The van der Waals surface area contributed by atoms with E-state index in [1.165, 1.54) is 0 Å². The smallest absolute Gasteiger partial charge is 0.218 e. The number of fused-ring (bicyclic) bond motifs is 6. The summed E-state index contributed by atoms with van der Waals surface area (Å²) in [7, 11) is 0. The van der Waals surface area contributed by atoms with Crippen LogP contribution in [0.2, 0.25) is 0 Å². The topological polar surface area (TPSA) is 220 Å². The number of hydrogen-bond acceptors (Lipinski definition) is 12. The molecule has 132 valence electrons. The van der Waals surface area contributed by atoms with E-state index in [-0.39, 0.29) is 67.3 Å². The lowest BCUT2D eigenvalue weighted by molar-refractivity contribution is 1.11. The fourth-order valence-corrected chi connectivity index (χ4v) is 2.99. The van der Waals surface area contributed by atoms with Gasteiger partial charge in [0.1, 0.15) is 36.4 Å². The van der Waals surface area contributed by atoms with Gasteiger partial charge in [0.2, 0.25) is 17.5 Å². The van der Waals surface area contributed by atoms with Crippen LogP contribution in [0.1, 0.15) is 34.6 Å². The van der Waals surface area contributed by atoms with E-state index in [1.54, 1.807) is 18.2 Å². The standard InChI is InChI=1S/C18N12/c19-1-7-13-16(28-10(4-22)25-7)14-8(2-20)27-12(6-24)30-18(14)15-9(3-21)26-11(5-23)29-17(13)15. The van der Waals surface area contributed by atoms with Gasteiger partial charge in [-0.3, -0.25) is 0 Å². The Balaban J connectivity index is 2.55. The summed E-state index contributed by atoms with van der Waals surface area (Å²) in [5, 5.41) is 56.5. The van der Waals surface area contributed by atoms with E-state index in [2.05, 4.69) is 29.9 Å². The lowest BCUT2D eigenvalue weighted by atomic mass is 10.0. The zero-order chi connectivity index (χ0) is 21.4. The fourth-order valence-electron chi connectivity index (χ4n) is 2.99. The molecule has 12 heteroatoms. The molecule has 0 aliphatic rings. The number of benzene rings is 1. The second-order valence-corrected chi connectivity index (χ2v) is 5.53. The monoisotopic (exact) mass is 384 g/mol. The van der Waals surface area contributed by atoms with Crippen molar-refractivity contribution in [1.82, 2.24) is 29.9 Å². The highest BCUT2D eigenvalue weighted by Gasteiger charge is 2.24. The van der Waals surface area contributed by atoms with Crippen LogP contribution in [-0.4, -0.2) is 29.9 Å². The third-order valence-electron chi connectivity index (χ3n) is 4.06. The first kappa shape index (κ1) is 17.6. The van der Waals surface area contributed by atoms with Crippen LogP contribution in [0, 0.1) is 68.0 Å². The highest BCUT2D eigenvalue weighted by molar-refractivity contribution is 6.24. The van der Waals surface area contributed by atoms with E-state index in [1.807, 2.05) is 18.2 Å². The molecule has 4 aromatic rings. The molecule has 0 saturated carbocycles. The Hall–Kier alpha value is -5.82. The Morgan fingerprint density at radius 2 is 0.633 bits per heavy atom. The van der Waals surface area contributed by atoms with E-state index in [0.717, 1.165) is 0 Å². The Bertz CT molecular complexity index is 1470. The lowest BCUT2D eigenvalue weighted by Gasteiger charge is -2.11. The average molecular weight is 384 g/mol. The van der Waals surface area contributed by atoms with E-state index in [9.17, 15) is 31.6 Å². The SMILES string of the molecule is N#Cc1nc(C#N)c2c(n1)c1c(C#N)nc(C#N)nc1c1c(C#N)nc(C#N)nc21. The second-order valence-electron chi connectivity index (χ2n) is 5.53. The van der Waals surface area contributed by atoms with Crippen molar-refractivity contribution in [3.8, 4) is 36.4 Å². The molecule has 0 aliphatic carbocycles. The van der Waals surface area contributed by atoms with Crippen LogP contribution < -0.4 is 0 Å². The van der Waals surface area contributed by atoms with Gasteiger partial charge in [-0.2, -0.15) is 31.6 Å². The van der Waals surface area contributed by atoms with Crippen LogP contribution in [0.3, 0.4) is 0 Å².